The first kappa shape index (κ1) is 18.4. The highest BCUT2D eigenvalue weighted by molar-refractivity contribution is 7.99. The summed E-state index contributed by atoms with van der Waals surface area (Å²) in [5, 5.41) is 3.00. The second-order valence-corrected chi connectivity index (χ2v) is 6.62. The normalized spacial score (nSPS) is 10.6. The van der Waals surface area contributed by atoms with Gasteiger partial charge in [0.05, 0.1) is 24.2 Å². The highest BCUT2D eigenvalue weighted by atomic mass is 32.2. The van der Waals surface area contributed by atoms with Crippen LogP contribution in [0.1, 0.15) is 30.4 Å². The van der Waals surface area contributed by atoms with E-state index in [1.54, 1.807) is 0 Å². The molecule has 2 aromatic rings. The van der Waals surface area contributed by atoms with Crippen molar-refractivity contribution in [3.63, 3.8) is 0 Å². The van der Waals surface area contributed by atoms with E-state index in [0.29, 0.717) is 12.3 Å². The van der Waals surface area contributed by atoms with Crippen LogP contribution in [0.2, 0.25) is 0 Å². The van der Waals surface area contributed by atoms with E-state index in [2.05, 4.69) is 39.2 Å². The van der Waals surface area contributed by atoms with E-state index < -0.39 is 0 Å². The van der Waals surface area contributed by atoms with E-state index >= 15 is 0 Å². The first-order valence-corrected chi connectivity index (χ1v) is 9.62. The number of imidazole rings is 1. The van der Waals surface area contributed by atoms with E-state index in [4.69, 9.17) is 0 Å². The highest BCUT2D eigenvalue weighted by Gasteiger charge is 2.12. The zero-order valence-electron chi connectivity index (χ0n) is 14.6. The number of aromatic amines is 1. The maximum atomic E-state index is 11.8. The van der Waals surface area contributed by atoms with Gasteiger partial charge in [-0.15, -0.1) is 0 Å². The highest BCUT2D eigenvalue weighted by Crippen LogP contribution is 2.22. The Morgan fingerprint density at radius 2 is 2.17 bits per heavy atom. The Morgan fingerprint density at radius 3 is 2.83 bits per heavy atom. The minimum atomic E-state index is 0.0727. The van der Waals surface area contributed by atoms with Crippen molar-refractivity contribution < 1.29 is 4.79 Å². The summed E-state index contributed by atoms with van der Waals surface area (Å²) in [7, 11) is 0. The number of nitrogens with one attached hydrogen (secondary N) is 2. The molecule has 0 saturated carbocycles. The molecule has 1 amide bonds. The van der Waals surface area contributed by atoms with E-state index in [9.17, 15) is 4.79 Å². The Bertz CT molecular complexity index is 656. The second-order valence-electron chi connectivity index (χ2n) is 5.75. The Morgan fingerprint density at radius 1 is 1.38 bits per heavy atom. The van der Waals surface area contributed by atoms with Crippen molar-refractivity contribution in [1.82, 2.24) is 15.3 Å². The fraction of sp³-hybridized carbons (Fsp3) is 0.444. The van der Waals surface area contributed by atoms with Crippen LogP contribution in [-0.2, 0) is 17.9 Å². The molecular formula is C18H26N4OS. The number of hydrogen-bond donors (Lipinski definition) is 2. The van der Waals surface area contributed by atoms with E-state index in [-0.39, 0.29) is 5.91 Å². The first-order valence-electron chi connectivity index (χ1n) is 8.23. The number of carbonyl (C=O) groups excluding carboxylic acids is 1. The Labute approximate surface area is 148 Å². The fourth-order valence-corrected chi connectivity index (χ4v) is 3.02. The van der Waals surface area contributed by atoms with Crippen molar-refractivity contribution in [2.24, 2.45) is 0 Å². The predicted molar refractivity (Wildman–Crippen MR) is 101 cm³/mol. The van der Waals surface area contributed by atoms with Crippen LogP contribution in [0.3, 0.4) is 0 Å². The summed E-state index contributed by atoms with van der Waals surface area (Å²) in [6.45, 7) is 6.42. The first-order chi connectivity index (χ1) is 11.6. The monoisotopic (exact) mass is 346 g/mol. The third kappa shape index (κ3) is 5.30. The molecule has 0 bridgehead atoms. The van der Waals surface area contributed by atoms with Crippen LogP contribution >= 0.6 is 11.8 Å². The number of H-pyrrole nitrogens is 1. The third-order valence-electron chi connectivity index (χ3n) is 3.69. The molecule has 0 atom stereocenters. The molecule has 24 heavy (non-hydrogen) atoms. The van der Waals surface area contributed by atoms with Crippen LogP contribution < -0.4 is 10.2 Å². The largest absolute Gasteiger partial charge is 0.365 e. The molecule has 1 heterocycles. The number of rotatable bonds is 9. The molecule has 1 aromatic carbocycles. The summed E-state index contributed by atoms with van der Waals surface area (Å²) in [4.78, 5) is 21.7. The number of aryl methyl sites for hydroxylation is 1. The number of thioether (sulfide) groups is 1. The molecule has 6 heteroatoms. The molecule has 0 radical (unpaired) electrons. The average Bonchev–Trinajstić information content (AvgIpc) is 2.98. The zero-order chi connectivity index (χ0) is 17.4. The van der Waals surface area contributed by atoms with Crippen molar-refractivity contribution in [3.8, 4) is 0 Å². The fourth-order valence-electron chi connectivity index (χ4n) is 2.66. The number of aromatic nitrogens is 2. The maximum Gasteiger partial charge on any atom is 0.230 e. The van der Waals surface area contributed by atoms with Gasteiger partial charge in [0.25, 0.3) is 0 Å². The number of carbonyl (C=O) groups is 1. The van der Waals surface area contributed by atoms with Gasteiger partial charge in [-0.25, -0.2) is 4.98 Å². The van der Waals surface area contributed by atoms with Gasteiger partial charge < -0.3 is 15.2 Å². The van der Waals surface area contributed by atoms with E-state index in [1.807, 2.05) is 31.5 Å². The number of anilines is 1. The van der Waals surface area contributed by atoms with Crippen LogP contribution in [0.4, 0.5) is 5.69 Å². The lowest BCUT2D eigenvalue weighted by Crippen LogP contribution is -2.28. The molecule has 0 aliphatic rings. The van der Waals surface area contributed by atoms with Gasteiger partial charge in [-0.2, -0.15) is 11.8 Å². The van der Waals surface area contributed by atoms with Gasteiger partial charge in [0, 0.05) is 18.8 Å². The molecule has 2 rings (SSSR count). The minimum Gasteiger partial charge on any atom is -0.365 e. The molecule has 0 fully saturated rings. The lowest BCUT2D eigenvalue weighted by Gasteiger charge is -2.26. The number of nitrogens with zero attached hydrogens (tertiary/aromatic N) is 2. The van der Waals surface area contributed by atoms with Crippen LogP contribution in [0.15, 0.2) is 30.5 Å². The lowest BCUT2D eigenvalue weighted by atomic mass is 10.1. The quantitative estimate of drug-likeness (QED) is 0.732. The Kier molecular flexibility index (Phi) is 7.18. The minimum absolute atomic E-state index is 0.0727. The van der Waals surface area contributed by atoms with E-state index in [0.717, 1.165) is 42.3 Å². The third-order valence-corrected chi connectivity index (χ3v) is 4.24. The summed E-state index contributed by atoms with van der Waals surface area (Å²) in [5.41, 5.74) is 3.40. The van der Waals surface area contributed by atoms with Gasteiger partial charge >= 0.3 is 0 Å². The summed E-state index contributed by atoms with van der Waals surface area (Å²) < 4.78 is 0. The summed E-state index contributed by atoms with van der Waals surface area (Å²) in [6.07, 6.45) is 4.88. The van der Waals surface area contributed by atoms with Gasteiger partial charge in [0.1, 0.15) is 5.82 Å². The van der Waals surface area contributed by atoms with Gasteiger partial charge in [0.15, 0.2) is 0 Å². The maximum absolute atomic E-state index is 11.8. The van der Waals surface area contributed by atoms with Crippen molar-refractivity contribution in [2.45, 2.75) is 33.4 Å². The number of hydrogen-bond acceptors (Lipinski definition) is 4. The van der Waals surface area contributed by atoms with Crippen LogP contribution in [0.25, 0.3) is 0 Å². The molecule has 0 unspecified atom stereocenters. The molecule has 1 aromatic heterocycles. The van der Waals surface area contributed by atoms with E-state index in [1.165, 1.54) is 11.8 Å². The SMILES string of the molecule is CCCN(Cc1cnc(C)[nH]1)c1ccccc1CNC(=O)CSC. The zero-order valence-corrected chi connectivity index (χ0v) is 15.4. The van der Waals surface area contributed by atoms with Crippen molar-refractivity contribution >= 4 is 23.4 Å². The average molecular weight is 347 g/mol. The predicted octanol–water partition coefficient (Wildman–Crippen LogP) is 3.11. The number of benzene rings is 1. The lowest BCUT2D eigenvalue weighted by molar-refractivity contribution is -0.118. The molecule has 5 nitrogen and oxygen atoms in total. The van der Waals surface area contributed by atoms with Crippen molar-refractivity contribution in [1.29, 1.82) is 0 Å². The standard InChI is InChI=1S/C18H26N4OS/c1-4-9-22(12-16-11-19-14(2)21-16)17-8-6-5-7-15(17)10-20-18(23)13-24-3/h5-8,11H,4,9-10,12-13H2,1-3H3,(H,19,21)(H,20,23). The molecule has 0 spiro atoms. The summed E-state index contributed by atoms with van der Waals surface area (Å²) >= 11 is 1.53. The Hall–Kier alpha value is -1.95. The summed E-state index contributed by atoms with van der Waals surface area (Å²) in [6, 6.07) is 8.26. The van der Waals surface area contributed by atoms with Crippen molar-refractivity contribution in [2.75, 3.05) is 23.5 Å². The molecule has 130 valence electrons. The number of amides is 1. The van der Waals surface area contributed by atoms with Crippen LogP contribution in [0.5, 0.6) is 0 Å². The van der Waals surface area contributed by atoms with Crippen molar-refractivity contribution in [3.05, 3.63) is 47.5 Å². The van der Waals surface area contributed by atoms with Crippen LogP contribution in [-0.4, -0.2) is 34.4 Å². The van der Waals surface area contributed by atoms with Gasteiger partial charge in [-0.1, -0.05) is 25.1 Å². The van der Waals surface area contributed by atoms with Gasteiger partial charge in [0.2, 0.25) is 5.91 Å². The van der Waals surface area contributed by atoms with Crippen LogP contribution in [0, 0.1) is 6.92 Å². The molecular weight excluding hydrogens is 320 g/mol. The van der Waals surface area contributed by atoms with Gasteiger partial charge in [-0.05, 0) is 31.2 Å². The van der Waals surface area contributed by atoms with Gasteiger partial charge in [-0.3, -0.25) is 4.79 Å². The topological polar surface area (TPSA) is 61.0 Å². The Balaban J connectivity index is 2.15. The molecule has 0 saturated heterocycles. The number of para-hydroxylation sites is 1. The summed E-state index contributed by atoms with van der Waals surface area (Å²) in [5.74, 6) is 1.50. The molecule has 0 aliphatic carbocycles. The second kappa shape index (κ2) is 9.37. The molecule has 2 N–H and O–H groups in total. The smallest absolute Gasteiger partial charge is 0.230 e. The molecule has 0 aliphatic heterocycles.